The van der Waals surface area contributed by atoms with Gasteiger partial charge in [0.1, 0.15) is 6.61 Å². The Morgan fingerprint density at radius 1 is 0.500 bits per heavy atom. The number of aliphatic hydroxyl groups is 1. The highest BCUT2D eigenvalue weighted by atomic mass is 16.6. The Morgan fingerprint density at radius 2 is 0.841 bits per heavy atom. The van der Waals surface area contributed by atoms with E-state index in [0.717, 1.165) is 44.9 Å². The van der Waals surface area contributed by atoms with Crippen LogP contribution in [0.5, 0.6) is 0 Å². The average molecular weight is 623 g/mol. The number of hydrogen-bond donors (Lipinski definition) is 1. The van der Waals surface area contributed by atoms with Crippen molar-refractivity contribution in [2.24, 2.45) is 0 Å². The third-order valence-electron chi connectivity index (χ3n) is 8.56. The molecule has 0 aliphatic carbocycles. The SMILES string of the molecule is CCCCCCCC/C=C/CCCCCCCC(=O)OC[C@@H](CO)OC(=O)CCCCCCCCCCCCCCCCC. The lowest BCUT2D eigenvalue weighted by Crippen LogP contribution is -2.28. The normalized spacial score (nSPS) is 12.2. The van der Waals surface area contributed by atoms with Crippen LogP contribution in [0.1, 0.15) is 206 Å². The highest BCUT2D eigenvalue weighted by Crippen LogP contribution is 2.14. The average Bonchev–Trinajstić information content (AvgIpc) is 3.02. The van der Waals surface area contributed by atoms with Gasteiger partial charge in [0.15, 0.2) is 6.10 Å². The van der Waals surface area contributed by atoms with Crippen molar-refractivity contribution in [2.45, 2.75) is 213 Å². The van der Waals surface area contributed by atoms with E-state index in [2.05, 4.69) is 26.0 Å². The fourth-order valence-electron chi connectivity index (χ4n) is 5.61. The Bertz CT molecular complexity index is 632. The van der Waals surface area contributed by atoms with Gasteiger partial charge in [0.25, 0.3) is 0 Å². The minimum absolute atomic E-state index is 0.0645. The number of allylic oxidation sites excluding steroid dienone is 2. The number of aliphatic hydroxyl groups excluding tert-OH is 1. The second-order valence-corrected chi connectivity index (χ2v) is 13.0. The lowest BCUT2D eigenvalue weighted by molar-refractivity contribution is -0.161. The number of carbonyl (C=O) groups is 2. The standard InChI is InChI=1S/C39H74O5/c1-3-5-7-9-11-13-15-17-19-21-23-25-27-29-31-33-38(41)43-36-37(35-40)44-39(42)34-32-30-28-26-24-22-20-18-16-14-12-10-8-6-4-2/h17,19,37,40H,3-16,18,20-36H2,1-2H3/b19-17+/t37-/m1/s1. The number of hydrogen-bond acceptors (Lipinski definition) is 5. The molecular formula is C39H74O5. The second-order valence-electron chi connectivity index (χ2n) is 13.0. The minimum atomic E-state index is -0.767. The second kappa shape index (κ2) is 36.1. The monoisotopic (exact) mass is 623 g/mol. The zero-order valence-electron chi connectivity index (χ0n) is 29.4. The van der Waals surface area contributed by atoms with Crippen molar-refractivity contribution in [1.82, 2.24) is 0 Å². The molecule has 0 amide bonds. The van der Waals surface area contributed by atoms with E-state index in [9.17, 15) is 14.7 Å². The predicted octanol–water partition coefficient (Wildman–Crippen LogP) is 11.7. The molecule has 0 aromatic rings. The maximum Gasteiger partial charge on any atom is 0.306 e. The van der Waals surface area contributed by atoms with Crippen molar-refractivity contribution in [3.63, 3.8) is 0 Å². The summed E-state index contributed by atoms with van der Waals surface area (Å²) >= 11 is 0. The first-order chi connectivity index (χ1) is 21.6. The van der Waals surface area contributed by atoms with Gasteiger partial charge in [-0.15, -0.1) is 0 Å². The molecule has 0 radical (unpaired) electrons. The maximum absolute atomic E-state index is 12.1. The predicted molar refractivity (Wildman–Crippen MR) is 187 cm³/mol. The molecule has 0 aromatic heterocycles. The fraction of sp³-hybridized carbons (Fsp3) is 0.897. The molecule has 44 heavy (non-hydrogen) atoms. The van der Waals surface area contributed by atoms with E-state index >= 15 is 0 Å². The third kappa shape index (κ3) is 33.5. The molecule has 1 N–H and O–H groups in total. The van der Waals surface area contributed by atoms with E-state index in [1.165, 1.54) is 135 Å². The van der Waals surface area contributed by atoms with Crippen molar-refractivity contribution in [3.05, 3.63) is 12.2 Å². The Hall–Kier alpha value is -1.36. The molecule has 0 saturated carbocycles. The summed E-state index contributed by atoms with van der Waals surface area (Å²) in [6.45, 7) is 4.14. The molecule has 0 saturated heterocycles. The van der Waals surface area contributed by atoms with E-state index in [1.54, 1.807) is 0 Å². The molecular weight excluding hydrogens is 548 g/mol. The van der Waals surface area contributed by atoms with Gasteiger partial charge in [-0.2, -0.15) is 0 Å². The summed E-state index contributed by atoms with van der Waals surface area (Å²) in [5, 5.41) is 9.54. The Morgan fingerprint density at radius 3 is 1.23 bits per heavy atom. The molecule has 0 aromatic carbocycles. The van der Waals surface area contributed by atoms with E-state index < -0.39 is 6.10 Å². The largest absolute Gasteiger partial charge is 0.462 e. The number of unbranched alkanes of at least 4 members (excludes halogenated alkanes) is 25. The summed E-state index contributed by atoms with van der Waals surface area (Å²) in [6.07, 6.45) is 39.8. The summed E-state index contributed by atoms with van der Waals surface area (Å²) in [5.74, 6) is -0.591. The van der Waals surface area contributed by atoms with Gasteiger partial charge in [0.05, 0.1) is 6.61 Å². The summed E-state index contributed by atoms with van der Waals surface area (Å²) in [5.41, 5.74) is 0. The molecule has 0 aliphatic rings. The first kappa shape index (κ1) is 42.6. The quantitative estimate of drug-likeness (QED) is 0.0432. The van der Waals surface area contributed by atoms with Gasteiger partial charge in [-0.3, -0.25) is 9.59 Å². The van der Waals surface area contributed by atoms with Gasteiger partial charge < -0.3 is 14.6 Å². The van der Waals surface area contributed by atoms with E-state index in [-0.39, 0.29) is 25.2 Å². The lowest BCUT2D eigenvalue weighted by Gasteiger charge is -2.15. The number of ether oxygens (including phenoxy) is 2. The topological polar surface area (TPSA) is 72.8 Å². The van der Waals surface area contributed by atoms with Gasteiger partial charge in [-0.1, -0.05) is 167 Å². The first-order valence-electron chi connectivity index (χ1n) is 19.2. The molecule has 0 unspecified atom stereocenters. The first-order valence-corrected chi connectivity index (χ1v) is 19.2. The molecule has 0 fully saturated rings. The molecule has 260 valence electrons. The molecule has 0 spiro atoms. The Kier molecular flexibility index (Phi) is 35.0. The zero-order valence-corrected chi connectivity index (χ0v) is 29.4. The van der Waals surface area contributed by atoms with Crippen LogP contribution in [-0.4, -0.2) is 36.4 Å². The summed E-state index contributed by atoms with van der Waals surface area (Å²) < 4.78 is 10.6. The maximum atomic E-state index is 12.1. The molecule has 0 heterocycles. The number of esters is 2. The third-order valence-corrected chi connectivity index (χ3v) is 8.56. The van der Waals surface area contributed by atoms with Crippen LogP contribution in [-0.2, 0) is 19.1 Å². The smallest absolute Gasteiger partial charge is 0.306 e. The van der Waals surface area contributed by atoms with Crippen LogP contribution in [0.3, 0.4) is 0 Å². The Balaban J connectivity index is 3.53. The van der Waals surface area contributed by atoms with Crippen molar-refractivity contribution in [1.29, 1.82) is 0 Å². The van der Waals surface area contributed by atoms with Crippen LogP contribution in [0.2, 0.25) is 0 Å². The van der Waals surface area contributed by atoms with Gasteiger partial charge in [-0.05, 0) is 38.5 Å². The van der Waals surface area contributed by atoms with Gasteiger partial charge in [-0.25, -0.2) is 0 Å². The van der Waals surface area contributed by atoms with Crippen molar-refractivity contribution in [3.8, 4) is 0 Å². The number of rotatable bonds is 35. The number of carbonyl (C=O) groups excluding carboxylic acids is 2. The van der Waals surface area contributed by atoms with Gasteiger partial charge in [0, 0.05) is 12.8 Å². The summed E-state index contributed by atoms with van der Waals surface area (Å²) in [7, 11) is 0. The van der Waals surface area contributed by atoms with Crippen LogP contribution in [0.25, 0.3) is 0 Å². The highest BCUT2D eigenvalue weighted by Gasteiger charge is 2.16. The van der Waals surface area contributed by atoms with Gasteiger partial charge in [0.2, 0.25) is 0 Å². The van der Waals surface area contributed by atoms with Crippen LogP contribution in [0.4, 0.5) is 0 Å². The van der Waals surface area contributed by atoms with Crippen LogP contribution < -0.4 is 0 Å². The molecule has 0 aliphatic heterocycles. The van der Waals surface area contributed by atoms with Gasteiger partial charge >= 0.3 is 11.9 Å². The lowest BCUT2D eigenvalue weighted by atomic mass is 10.0. The molecule has 5 nitrogen and oxygen atoms in total. The van der Waals surface area contributed by atoms with E-state index in [1.807, 2.05) is 0 Å². The van der Waals surface area contributed by atoms with E-state index in [4.69, 9.17) is 9.47 Å². The minimum Gasteiger partial charge on any atom is -0.462 e. The Labute approximate surface area is 273 Å². The van der Waals surface area contributed by atoms with Crippen LogP contribution in [0.15, 0.2) is 12.2 Å². The van der Waals surface area contributed by atoms with Crippen molar-refractivity contribution in [2.75, 3.05) is 13.2 Å². The molecule has 0 rings (SSSR count). The molecule has 5 heteroatoms. The fourth-order valence-corrected chi connectivity index (χ4v) is 5.61. The van der Waals surface area contributed by atoms with Crippen molar-refractivity contribution < 1.29 is 24.2 Å². The zero-order chi connectivity index (χ0) is 32.2. The molecule has 0 bridgehead atoms. The summed E-state index contributed by atoms with van der Waals surface area (Å²) in [4.78, 5) is 24.2. The summed E-state index contributed by atoms with van der Waals surface area (Å²) in [6, 6.07) is 0. The van der Waals surface area contributed by atoms with Crippen LogP contribution >= 0.6 is 0 Å². The molecule has 1 atom stereocenters. The van der Waals surface area contributed by atoms with E-state index in [0.29, 0.717) is 12.8 Å². The van der Waals surface area contributed by atoms with Crippen molar-refractivity contribution >= 4 is 11.9 Å². The van der Waals surface area contributed by atoms with Crippen LogP contribution in [0, 0.1) is 0 Å². The highest BCUT2D eigenvalue weighted by molar-refractivity contribution is 5.70.